The normalized spacial score (nSPS) is 16.4. The molecule has 0 spiro atoms. The molecule has 1 saturated heterocycles. The molecule has 4 rings (SSSR count). The van der Waals surface area contributed by atoms with E-state index < -0.39 is 0 Å². The van der Waals surface area contributed by atoms with Crippen molar-refractivity contribution in [1.82, 2.24) is 19.4 Å². The van der Waals surface area contributed by atoms with Gasteiger partial charge in [-0.1, -0.05) is 11.6 Å². The maximum Gasteiger partial charge on any atom is 0.146 e. The molecule has 33 heavy (non-hydrogen) atoms. The first kappa shape index (κ1) is 23.3. The third kappa shape index (κ3) is 3.90. The van der Waals surface area contributed by atoms with Crippen LogP contribution < -0.4 is 10.5 Å². The number of aliphatic hydroxyl groups is 1. The predicted molar refractivity (Wildman–Crippen MR) is 129 cm³/mol. The minimum absolute atomic E-state index is 0.0688. The standard InChI is InChI=1S/C24H29ClN6O2/c1-5-33-22-17(15(4)31-8-13(2)20-23(27)28-12-29-24(20)31)6-19(25)18(7-26)21(22)16-9-30(10-16)14(3)11-32/h6,8,12,14-16,32H,5,9-11H2,1-4H3,(H2,27,28,29)/t14-,15?/m0/s1. The van der Waals surface area contributed by atoms with Crippen LogP contribution in [0, 0.1) is 18.3 Å². The number of hydrogen-bond donors (Lipinski definition) is 2. The highest BCUT2D eigenvalue weighted by Crippen LogP contribution is 2.45. The van der Waals surface area contributed by atoms with E-state index in [1.54, 1.807) is 0 Å². The summed E-state index contributed by atoms with van der Waals surface area (Å²) in [6.45, 7) is 9.99. The van der Waals surface area contributed by atoms with Gasteiger partial charge in [0.25, 0.3) is 0 Å². The summed E-state index contributed by atoms with van der Waals surface area (Å²) in [5.74, 6) is 1.24. The summed E-state index contributed by atoms with van der Waals surface area (Å²) in [6, 6.07) is 4.02. The van der Waals surface area contributed by atoms with Crippen LogP contribution in [0.15, 0.2) is 18.6 Å². The van der Waals surface area contributed by atoms with E-state index in [2.05, 4.69) is 27.9 Å². The van der Waals surface area contributed by atoms with Crippen molar-refractivity contribution in [2.45, 2.75) is 45.7 Å². The van der Waals surface area contributed by atoms with Crippen LogP contribution in [0.4, 0.5) is 5.82 Å². The van der Waals surface area contributed by atoms with Gasteiger partial charge in [0.2, 0.25) is 0 Å². The summed E-state index contributed by atoms with van der Waals surface area (Å²) >= 11 is 6.65. The maximum atomic E-state index is 9.92. The molecule has 1 aliphatic heterocycles. The molecule has 8 nitrogen and oxygen atoms in total. The molecule has 3 N–H and O–H groups in total. The second-order valence-corrected chi connectivity index (χ2v) is 9.05. The van der Waals surface area contributed by atoms with Crippen molar-refractivity contribution in [2.24, 2.45) is 0 Å². The number of hydrogen-bond acceptors (Lipinski definition) is 7. The highest BCUT2D eigenvalue weighted by atomic mass is 35.5. The summed E-state index contributed by atoms with van der Waals surface area (Å²) < 4.78 is 8.23. The Bertz CT molecular complexity index is 1230. The molecular weight excluding hydrogens is 440 g/mol. The van der Waals surface area contributed by atoms with Crippen molar-refractivity contribution < 1.29 is 9.84 Å². The number of fused-ring (bicyclic) bond motifs is 1. The number of aliphatic hydroxyl groups excluding tert-OH is 1. The highest BCUT2D eigenvalue weighted by Gasteiger charge is 2.37. The Labute approximate surface area is 198 Å². The number of nitriles is 1. The lowest BCUT2D eigenvalue weighted by Gasteiger charge is -2.44. The monoisotopic (exact) mass is 468 g/mol. The second kappa shape index (κ2) is 9.18. The fraction of sp³-hybridized carbons (Fsp3) is 0.458. The number of likely N-dealkylation sites (tertiary alicyclic amines) is 1. The van der Waals surface area contributed by atoms with Gasteiger partial charge in [-0.25, -0.2) is 9.97 Å². The SMILES string of the molecule is CCOc1c(C(C)n2cc(C)c3c(N)ncnc32)cc(Cl)c(C#N)c1C1CN([C@@H](C)CO)C1. The lowest BCUT2D eigenvalue weighted by molar-refractivity contribution is 0.0618. The highest BCUT2D eigenvalue weighted by molar-refractivity contribution is 6.32. The second-order valence-electron chi connectivity index (χ2n) is 8.65. The lowest BCUT2D eigenvalue weighted by atomic mass is 9.84. The van der Waals surface area contributed by atoms with Crippen LogP contribution in [0.1, 0.15) is 55.0 Å². The summed E-state index contributed by atoms with van der Waals surface area (Å²) in [5.41, 5.74) is 10.0. The molecule has 3 aromatic rings. The number of aromatic nitrogens is 3. The number of nitrogens with zero attached hydrogens (tertiary/aromatic N) is 5. The number of ether oxygens (including phenoxy) is 1. The topological polar surface area (TPSA) is 113 Å². The van der Waals surface area contributed by atoms with Crippen LogP contribution in [0.2, 0.25) is 5.02 Å². The maximum absolute atomic E-state index is 9.92. The van der Waals surface area contributed by atoms with Gasteiger partial charge >= 0.3 is 0 Å². The average Bonchev–Trinajstić information content (AvgIpc) is 3.11. The van der Waals surface area contributed by atoms with Crippen molar-refractivity contribution in [2.75, 3.05) is 32.0 Å². The average molecular weight is 469 g/mol. The number of rotatable bonds is 7. The molecule has 1 aromatic carbocycles. The van der Waals surface area contributed by atoms with Gasteiger partial charge in [-0.2, -0.15) is 5.26 Å². The Morgan fingerprint density at radius 2 is 2.09 bits per heavy atom. The van der Waals surface area contributed by atoms with Crippen LogP contribution in [-0.4, -0.2) is 56.9 Å². The Morgan fingerprint density at radius 1 is 1.36 bits per heavy atom. The van der Waals surface area contributed by atoms with E-state index >= 15 is 0 Å². The fourth-order valence-corrected chi connectivity index (χ4v) is 4.97. The zero-order valence-electron chi connectivity index (χ0n) is 19.3. The van der Waals surface area contributed by atoms with E-state index in [1.165, 1.54) is 6.33 Å². The summed E-state index contributed by atoms with van der Waals surface area (Å²) in [5, 5.41) is 20.7. The van der Waals surface area contributed by atoms with Crippen LogP contribution in [0.25, 0.3) is 11.0 Å². The van der Waals surface area contributed by atoms with E-state index in [9.17, 15) is 10.4 Å². The number of aryl methyl sites for hydroxylation is 1. The van der Waals surface area contributed by atoms with Crippen molar-refractivity contribution in [3.63, 3.8) is 0 Å². The summed E-state index contributed by atoms with van der Waals surface area (Å²) in [7, 11) is 0. The summed E-state index contributed by atoms with van der Waals surface area (Å²) in [4.78, 5) is 10.8. The third-order valence-electron chi connectivity index (χ3n) is 6.60. The Balaban J connectivity index is 1.85. The Morgan fingerprint density at radius 3 is 2.73 bits per heavy atom. The molecular formula is C24H29ClN6O2. The lowest BCUT2D eigenvalue weighted by Crippen LogP contribution is -2.51. The summed E-state index contributed by atoms with van der Waals surface area (Å²) in [6.07, 6.45) is 3.47. The van der Waals surface area contributed by atoms with Gasteiger partial charge in [0, 0.05) is 42.4 Å². The van der Waals surface area contributed by atoms with Crippen molar-refractivity contribution in [3.8, 4) is 11.8 Å². The van der Waals surface area contributed by atoms with E-state index in [0.29, 0.717) is 28.8 Å². The number of nitrogens with two attached hydrogens (primary N) is 1. The first-order valence-electron chi connectivity index (χ1n) is 11.1. The molecule has 1 unspecified atom stereocenters. The molecule has 1 fully saturated rings. The van der Waals surface area contributed by atoms with Gasteiger partial charge in [-0.15, -0.1) is 0 Å². The molecule has 0 bridgehead atoms. The molecule has 174 valence electrons. The zero-order valence-corrected chi connectivity index (χ0v) is 20.1. The molecule has 0 radical (unpaired) electrons. The van der Waals surface area contributed by atoms with Crippen LogP contribution >= 0.6 is 11.6 Å². The Hall–Kier alpha value is -2.86. The zero-order chi connectivity index (χ0) is 23.9. The predicted octanol–water partition coefficient (Wildman–Crippen LogP) is 3.64. The van der Waals surface area contributed by atoms with E-state index in [1.807, 2.05) is 37.6 Å². The van der Waals surface area contributed by atoms with Gasteiger partial charge < -0.3 is 20.1 Å². The molecule has 0 saturated carbocycles. The first-order chi connectivity index (χ1) is 15.8. The molecule has 9 heteroatoms. The minimum atomic E-state index is -0.173. The third-order valence-corrected chi connectivity index (χ3v) is 6.90. The van der Waals surface area contributed by atoms with Crippen LogP contribution in [0.3, 0.4) is 0 Å². The molecule has 3 heterocycles. The van der Waals surface area contributed by atoms with Crippen LogP contribution in [-0.2, 0) is 0 Å². The molecule has 1 aliphatic rings. The number of anilines is 1. The van der Waals surface area contributed by atoms with Gasteiger partial charge in [0.15, 0.2) is 0 Å². The van der Waals surface area contributed by atoms with Crippen molar-refractivity contribution in [1.29, 1.82) is 5.26 Å². The largest absolute Gasteiger partial charge is 0.493 e. The minimum Gasteiger partial charge on any atom is -0.493 e. The van der Waals surface area contributed by atoms with Crippen molar-refractivity contribution >= 4 is 28.5 Å². The van der Waals surface area contributed by atoms with Gasteiger partial charge in [-0.3, -0.25) is 4.90 Å². The number of benzene rings is 1. The van der Waals surface area contributed by atoms with Gasteiger partial charge in [0.1, 0.15) is 29.6 Å². The fourth-order valence-electron chi connectivity index (χ4n) is 4.70. The van der Waals surface area contributed by atoms with Crippen molar-refractivity contribution in [3.05, 3.63) is 45.9 Å². The van der Waals surface area contributed by atoms with Gasteiger partial charge in [-0.05, 0) is 39.3 Å². The number of halogens is 1. The van der Waals surface area contributed by atoms with Gasteiger partial charge in [0.05, 0.1) is 35.2 Å². The van der Waals surface area contributed by atoms with E-state index in [-0.39, 0.29) is 24.6 Å². The van der Waals surface area contributed by atoms with E-state index in [4.69, 9.17) is 22.1 Å². The van der Waals surface area contributed by atoms with Crippen LogP contribution in [0.5, 0.6) is 5.75 Å². The molecule has 2 atom stereocenters. The molecule has 0 aliphatic carbocycles. The van der Waals surface area contributed by atoms with E-state index in [0.717, 1.165) is 40.8 Å². The smallest absolute Gasteiger partial charge is 0.146 e. The molecule has 2 aromatic heterocycles. The Kier molecular flexibility index (Phi) is 6.48. The first-order valence-corrected chi connectivity index (χ1v) is 11.5. The quantitative estimate of drug-likeness (QED) is 0.544. The number of nitrogen functional groups attached to an aromatic ring is 1. The molecule has 0 amide bonds.